The summed E-state index contributed by atoms with van der Waals surface area (Å²) in [6, 6.07) is 11.4. The van der Waals surface area contributed by atoms with Crippen molar-refractivity contribution >= 4 is 11.6 Å². The second-order valence-corrected chi connectivity index (χ2v) is 9.56. The lowest BCUT2D eigenvalue weighted by molar-refractivity contribution is 0.0853. The minimum atomic E-state index is -0.563. The zero-order chi connectivity index (χ0) is 23.5. The van der Waals surface area contributed by atoms with E-state index in [4.69, 9.17) is 19.4 Å². The van der Waals surface area contributed by atoms with Crippen molar-refractivity contribution < 1.29 is 14.6 Å². The highest BCUT2D eigenvalue weighted by Crippen LogP contribution is 2.33. The molecule has 3 N–H and O–H groups in total. The van der Waals surface area contributed by atoms with Crippen molar-refractivity contribution in [2.24, 2.45) is 0 Å². The van der Waals surface area contributed by atoms with E-state index in [9.17, 15) is 5.11 Å². The van der Waals surface area contributed by atoms with E-state index in [2.05, 4.69) is 33.5 Å². The number of hydrogen-bond donors (Lipinski definition) is 3. The first-order valence-electron chi connectivity index (χ1n) is 12.4. The van der Waals surface area contributed by atoms with Gasteiger partial charge in [-0.15, -0.1) is 0 Å². The largest absolute Gasteiger partial charge is 0.491 e. The standard InChI is InChI=1S/C25H36N6O3/c1-26-14-21(32)16-34-22-5-3-4-17(10-22)25-28-23(30(2)19-6-8-33-9-7-19)12-24(29-25)31-15-18-11-20(31)13-27-18/h3-5,10,12,18-21,26-27,32H,6-9,11,13-16H2,1-2H3/t18-,20-,21?/m1/s1. The van der Waals surface area contributed by atoms with Gasteiger partial charge in [0.05, 0.1) is 0 Å². The molecule has 0 saturated carbocycles. The van der Waals surface area contributed by atoms with Gasteiger partial charge < -0.3 is 35.0 Å². The quantitative estimate of drug-likeness (QED) is 0.503. The molecular weight excluding hydrogens is 432 g/mol. The van der Waals surface area contributed by atoms with Crippen molar-refractivity contribution in [2.75, 3.05) is 63.4 Å². The van der Waals surface area contributed by atoms with Gasteiger partial charge in [0.15, 0.2) is 5.82 Å². The SMILES string of the molecule is CNCC(O)COc1cccc(-c2nc(N(C)C3CCOCC3)cc(N3C[C@H]4C[C@@H]3CN4)n2)c1. The third kappa shape index (κ3) is 5.12. The van der Waals surface area contributed by atoms with Crippen molar-refractivity contribution in [1.82, 2.24) is 20.6 Å². The average molecular weight is 469 g/mol. The number of aromatic nitrogens is 2. The Bertz CT molecular complexity index is 969. The molecule has 3 saturated heterocycles. The molecule has 9 heteroatoms. The summed E-state index contributed by atoms with van der Waals surface area (Å²) in [5.74, 6) is 3.33. The molecule has 1 unspecified atom stereocenters. The maximum atomic E-state index is 9.99. The molecule has 1 aromatic carbocycles. The van der Waals surface area contributed by atoms with Gasteiger partial charge >= 0.3 is 0 Å². The van der Waals surface area contributed by atoms with Gasteiger partial charge in [-0.05, 0) is 38.4 Å². The summed E-state index contributed by atoms with van der Waals surface area (Å²) in [5, 5.41) is 16.5. The second kappa shape index (κ2) is 10.4. The fourth-order valence-electron chi connectivity index (χ4n) is 5.19. The summed E-state index contributed by atoms with van der Waals surface area (Å²) in [6.45, 7) is 4.29. The van der Waals surface area contributed by atoms with Crippen molar-refractivity contribution in [3.63, 3.8) is 0 Å². The number of aliphatic hydroxyl groups is 1. The Balaban J connectivity index is 1.44. The molecule has 0 amide bonds. The molecule has 1 aromatic heterocycles. The van der Waals surface area contributed by atoms with Gasteiger partial charge in [-0.3, -0.25) is 0 Å². The molecule has 2 aromatic rings. The fraction of sp³-hybridized carbons (Fsp3) is 0.600. The molecule has 0 radical (unpaired) electrons. The maximum Gasteiger partial charge on any atom is 0.163 e. The predicted molar refractivity (Wildman–Crippen MR) is 133 cm³/mol. The molecule has 0 aliphatic carbocycles. The molecular formula is C25H36N6O3. The van der Waals surface area contributed by atoms with Crippen molar-refractivity contribution in [3.05, 3.63) is 30.3 Å². The Kier molecular flexibility index (Phi) is 7.15. The van der Waals surface area contributed by atoms with Crippen molar-refractivity contribution in [1.29, 1.82) is 0 Å². The minimum absolute atomic E-state index is 0.229. The molecule has 0 spiro atoms. The lowest BCUT2D eigenvalue weighted by atomic mass is 10.1. The summed E-state index contributed by atoms with van der Waals surface area (Å²) in [5.41, 5.74) is 0.909. The Morgan fingerprint density at radius 2 is 2.15 bits per heavy atom. The molecule has 3 atom stereocenters. The second-order valence-electron chi connectivity index (χ2n) is 9.56. The van der Waals surface area contributed by atoms with Crippen LogP contribution in [0.2, 0.25) is 0 Å². The maximum absolute atomic E-state index is 9.99. The van der Waals surface area contributed by atoms with Crippen LogP contribution >= 0.6 is 0 Å². The van der Waals surface area contributed by atoms with E-state index in [1.54, 1.807) is 0 Å². The highest BCUT2D eigenvalue weighted by Gasteiger charge is 2.38. The van der Waals surface area contributed by atoms with Gasteiger partial charge in [-0.2, -0.15) is 0 Å². The molecule has 184 valence electrons. The van der Waals surface area contributed by atoms with Crippen LogP contribution in [0, 0.1) is 0 Å². The van der Waals surface area contributed by atoms with E-state index < -0.39 is 6.10 Å². The minimum Gasteiger partial charge on any atom is -0.491 e. The fourth-order valence-corrected chi connectivity index (χ4v) is 5.19. The number of anilines is 2. The van der Waals surface area contributed by atoms with Crippen molar-refractivity contribution in [3.8, 4) is 17.1 Å². The van der Waals surface area contributed by atoms with Crippen LogP contribution in [-0.2, 0) is 4.74 Å². The summed E-state index contributed by atoms with van der Waals surface area (Å²) < 4.78 is 11.4. The summed E-state index contributed by atoms with van der Waals surface area (Å²) in [7, 11) is 3.94. The molecule has 3 aliphatic heterocycles. The zero-order valence-corrected chi connectivity index (χ0v) is 20.1. The third-order valence-corrected chi connectivity index (χ3v) is 7.12. The number of hydrogen-bond acceptors (Lipinski definition) is 9. The van der Waals surface area contributed by atoms with Gasteiger partial charge in [0.25, 0.3) is 0 Å². The lowest BCUT2D eigenvalue weighted by Crippen LogP contribution is -2.44. The van der Waals surface area contributed by atoms with Crippen LogP contribution in [0.3, 0.4) is 0 Å². The van der Waals surface area contributed by atoms with Gasteiger partial charge in [-0.25, -0.2) is 9.97 Å². The predicted octanol–water partition coefficient (Wildman–Crippen LogP) is 1.27. The number of fused-ring (bicyclic) bond motifs is 2. The smallest absolute Gasteiger partial charge is 0.163 e. The molecule has 5 rings (SSSR count). The Labute approximate surface area is 201 Å². The molecule has 9 nitrogen and oxygen atoms in total. The van der Waals surface area contributed by atoms with Gasteiger partial charge in [0, 0.05) is 69.7 Å². The monoisotopic (exact) mass is 468 g/mol. The number of likely N-dealkylation sites (N-methyl/N-ethyl adjacent to an activating group) is 1. The normalized spacial score (nSPS) is 23.3. The van der Waals surface area contributed by atoms with E-state index in [0.29, 0.717) is 36.2 Å². The van der Waals surface area contributed by atoms with Gasteiger partial charge in [0.1, 0.15) is 30.1 Å². The molecule has 3 fully saturated rings. The van der Waals surface area contributed by atoms with Crippen LogP contribution < -0.4 is 25.2 Å². The molecule has 4 heterocycles. The first-order chi connectivity index (χ1) is 16.6. The summed E-state index contributed by atoms with van der Waals surface area (Å²) in [6.07, 6.45) is 2.61. The van der Waals surface area contributed by atoms with E-state index in [0.717, 1.165) is 56.3 Å². The number of piperazine rings is 1. The zero-order valence-electron chi connectivity index (χ0n) is 20.1. The van der Waals surface area contributed by atoms with Gasteiger partial charge in [-0.1, -0.05) is 12.1 Å². The van der Waals surface area contributed by atoms with Crippen molar-refractivity contribution in [2.45, 2.75) is 43.5 Å². The van der Waals surface area contributed by atoms with Crippen LogP contribution in [0.1, 0.15) is 19.3 Å². The third-order valence-electron chi connectivity index (χ3n) is 7.12. The summed E-state index contributed by atoms with van der Waals surface area (Å²) in [4.78, 5) is 14.7. The number of nitrogens with zero attached hydrogens (tertiary/aromatic N) is 4. The summed E-state index contributed by atoms with van der Waals surface area (Å²) >= 11 is 0. The first-order valence-corrected chi connectivity index (χ1v) is 12.4. The van der Waals surface area contributed by atoms with Crippen LogP contribution in [0.4, 0.5) is 11.6 Å². The van der Waals surface area contributed by atoms with Crippen LogP contribution in [-0.4, -0.2) is 92.9 Å². The van der Waals surface area contributed by atoms with Crippen LogP contribution in [0.25, 0.3) is 11.4 Å². The van der Waals surface area contributed by atoms with E-state index in [1.807, 2.05) is 31.3 Å². The Hall–Kier alpha value is -2.46. The van der Waals surface area contributed by atoms with E-state index in [-0.39, 0.29) is 6.61 Å². The Morgan fingerprint density at radius 3 is 2.88 bits per heavy atom. The van der Waals surface area contributed by atoms with E-state index >= 15 is 0 Å². The number of benzene rings is 1. The number of aliphatic hydroxyl groups excluding tert-OH is 1. The average Bonchev–Trinajstić information content (AvgIpc) is 3.52. The highest BCUT2D eigenvalue weighted by atomic mass is 16.5. The highest BCUT2D eigenvalue weighted by molar-refractivity contribution is 5.64. The number of rotatable bonds is 9. The van der Waals surface area contributed by atoms with Crippen LogP contribution in [0.15, 0.2) is 30.3 Å². The lowest BCUT2D eigenvalue weighted by Gasteiger charge is -2.34. The van der Waals surface area contributed by atoms with E-state index in [1.165, 1.54) is 6.42 Å². The molecule has 34 heavy (non-hydrogen) atoms. The first kappa shape index (κ1) is 23.3. The van der Waals surface area contributed by atoms with Crippen LogP contribution in [0.5, 0.6) is 5.75 Å². The molecule has 3 aliphatic rings. The molecule has 2 bridgehead atoms. The van der Waals surface area contributed by atoms with Gasteiger partial charge in [0.2, 0.25) is 0 Å². The topological polar surface area (TPSA) is 95.0 Å². The number of nitrogens with one attached hydrogen (secondary N) is 2. The Morgan fingerprint density at radius 1 is 1.29 bits per heavy atom. The number of ether oxygens (including phenoxy) is 2.